The van der Waals surface area contributed by atoms with E-state index in [2.05, 4.69) is 17.3 Å². The van der Waals surface area contributed by atoms with E-state index in [0.717, 1.165) is 39.3 Å². The van der Waals surface area contributed by atoms with Gasteiger partial charge in [0.1, 0.15) is 17.3 Å². The summed E-state index contributed by atoms with van der Waals surface area (Å²) in [6.07, 6.45) is 3.17. The molecule has 8 heteroatoms. The van der Waals surface area contributed by atoms with Gasteiger partial charge in [0.15, 0.2) is 0 Å². The molecular formula is C23H22N4O3S. The van der Waals surface area contributed by atoms with Gasteiger partial charge < -0.3 is 14.8 Å². The van der Waals surface area contributed by atoms with Gasteiger partial charge in [0.2, 0.25) is 11.0 Å². The molecule has 1 aliphatic rings. The molecule has 1 N–H and O–H groups in total. The van der Waals surface area contributed by atoms with Gasteiger partial charge in [-0.1, -0.05) is 30.4 Å². The number of ether oxygens (including phenoxy) is 2. The summed E-state index contributed by atoms with van der Waals surface area (Å²) in [5.41, 5.74) is 2.92. The smallest absolute Gasteiger partial charge is 0.226 e. The number of hydrogen-bond acceptors (Lipinski definition) is 6. The Bertz CT molecular complexity index is 1250. The third-order valence-electron chi connectivity index (χ3n) is 5.34. The minimum atomic E-state index is -0.0628. The highest BCUT2D eigenvalue weighted by Crippen LogP contribution is 2.39. The van der Waals surface area contributed by atoms with E-state index in [1.54, 1.807) is 11.8 Å². The molecule has 3 heterocycles. The number of fused-ring (bicyclic) bond motifs is 2. The van der Waals surface area contributed by atoms with Crippen molar-refractivity contribution in [3.05, 3.63) is 59.8 Å². The first-order valence-corrected chi connectivity index (χ1v) is 11.0. The Balaban J connectivity index is 1.50. The van der Waals surface area contributed by atoms with Crippen molar-refractivity contribution >= 4 is 33.3 Å². The first-order valence-electron chi connectivity index (χ1n) is 10.2. The highest BCUT2D eigenvalue weighted by atomic mass is 32.1. The largest absolute Gasteiger partial charge is 0.497 e. The van der Waals surface area contributed by atoms with Crippen molar-refractivity contribution in [1.29, 1.82) is 0 Å². The second-order valence-corrected chi connectivity index (χ2v) is 8.42. The lowest BCUT2D eigenvalue weighted by molar-refractivity contribution is -0.116. The van der Waals surface area contributed by atoms with E-state index >= 15 is 0 Å². The molecule has 31 heavy (non-hydrogen) atoms. The number of rotatable bonds is 6. The van der Waals surface area contributed by atoms with Gasteiger partial charge in [0.05, 0.1) is 30.1 Å². The molecular weight excluding hydrogens is 412 g/mol. The number of aromatic nitrogens is 3. The zero-order valence-corrected chi connectivity index (χ0v) is 18.1. The van der Waals surface area contributed by atoms with Gasteiger partial charge in [-0.2, -0.15) is 9.78 Å². The number of benzene rings is 2. The predicted molar refractivity (Wildman–Crippen MR) is 121 cm³/mol. The summed E-state index contributed by atoms with van der Waals surface area (Å²) in [5.74, 6) is 2.20. The van der Waals surface area contributed by atoms with Crippen molar-refractivity contribution in [3.63, 3.8) is 0 Å². The van der Waals surface area contributed by atoms with E-state index in [-0.39, 0.29) is 11.8 Å². The van der Waals surface area contributed by atoms with Crippen LogP contribution in [0, 0.1) is 0 Å². The number of hydrogen-bond donors (Lipinski definition) is 1. The van der Waals surface area contributed by atoms with E-state index in [1.807, 2.05) is 48.7 Å². The maximum absolute atomic E-state index is 12.5. The highest BCUT2D eigenvalue weighted by Gasteiger charge is 2.31. The second-order valence-electron chi connectivity index (χ2n) is 7.41. The molecule has 0 aliphatic carbocycles. The predicted octanol–water partition coefficient (Wildman–Crippen LogP) is 4.75. The maximum Gasteiger partial charge on any atom is 0.226 e. The Morgan fingerprint density at radius 3 is 2.77 bits per heavy atom. The minimum absolute atomic E-state index is 0.0339. The number of amides is 1. The van der Waals surface area contributed by atoms with Crippen molar-refractivity contribution in [2.75, 3.05) is 19.0 Å². The Morgan fingerprint density at radius 2 is 2.00 bits per heavy atom. The fourth-order valence-electron chi connectivity index (χ4n) is 3.79. The first kappa shape index (κ1) is 19.6. The molecule has 0 spiro atoms. The standard InChI is InChI=1S/C23H22N4O3S/c1-3-10-30-15-6-4-14(5-7-15)17-12-21(28)26-22-18(17)13-24-27(22)23-25-19-9-8-16(29-2)11-20(19)31-23/h4-9,11,13,17H,3,10,12H2,1-2H3,(H,26,28)/t17-/m0/s1. The van der Waals surface area contributed by atoms with Crippen LogP contribution in [0.1, 0.15) is 36.8 Å². The van der Waals surface area contributed by atoms with Crippen molar-refractivity contribution in [2.24, 2.45) is 0 Å². The summed E-state index contributed by atoms with van der Waals surface area (Å²) in [5, 5.41) is 8.26. The SMILES string of the molecule is CCCOc1ccc([C@@H]2CC(=O)Nc3c2cnn3-c2nc3ccc(OC)cc3s2)cc1. The number of carbonyl (C=O) groups is 1. The van der Waals surface area contributed by atoms with Crippen molar-refractivity contribution in [1.82, 2.24) is 14.8 Å². The molecule has 158 valence electrons. The molecule has 0 fully saturated rings. The van der Waals surface area contributed by atoms with Gasteiger partial charge in [0, 0.05) is 17.9 Å². The van der Waals surface area contributed by atoms with Crippen LogP contribution in [0.3, 0.4) is 0 Å². The molecule has 0 bridgehead atoms. The fraction of sp³-hybridized carbons (Fsp3) is 0.261. The third-order valence-corrected chi connectivity index (χ3v) is 6.33. The van der Waals surface area contributed by atoms with Crippen LogP contribution in [0.25, 0.3) is 15.3 Å². The van der Waals surface area contributed by atoms with Crippen molar-refractivity contribution < 1.29 is 14.3 Å². The van der Waals surface area contributed by atoms with Crippen LogP contribution in [0.5, 0.6) is 11.5 Å². The van der Waals surface area contributed by atoms with Gasteiger partial charge in [-0.25, -0.2) is 4.98 Å². The molecule has 0 saturated carbocycles. The third kappa shape index (κ3) is 3.63. The molecule has 5 rings (SSSR count). The van der Waals surface area contributed by atoms with Crippen LogP contribution in [0.2, 0.25) is 0 Å². The number of methoxy groups -OCH3 is 1. The lowest BCUT2D eigenvalue weighted by Gasteiger charge is -2.23. The average Bonchev–Trinajstić information content (AvgIpc) is 3.40. The van der Waals surface area contributed by atoms with Crippen LogP contribution in [-0.4, -0.2) is 34.4 Å². The van der Waals surface area contributed by atoms with Crippen LogP contribution >= 0.6 is 11.3 Å². The Kier molecular flexibility index (Phi) is 5.07. The first-order chi connectivity index (χ1) is 15.2. The van der Waals surface area contributed by atoms with Crippen molar-refractivity contribution in [3.8, 4) is 16.6 Å². The number of nitrogens with zero attached hydrogens (tertiary/aromatic N) is 3. The number of carbonyl (C=O) groups excluding carboxylic acids is 1. The summed E-state index contributed by atoms with van der Waals surface area (Å²) in [4.78, 5) is 17.2. The Morgan fingerprint density at radius 1 is 1.19 bits per heavy atom. The number of anilines is 1. The molecule has 1 aliphatic heterocycles. The molecule has 1 atom stereocenters. The zero-order chi connectivity index (χ0) is 21.4. The van der Waals surface area contributed by atoms with E-state index in [9.17, 15) is 4.79 Å². The molecule has 1 amide bonds. The summed E-state index contributed by atoms with van der Waals surface area (Å²) in [6.45, 7) is 2.77. The molecule has 2 aromatic heterocycles. The average molecular weight is 435 g/mol. The molecule has 0 unspecified atom stereocenters. The van der Waals surface area contributed by atoms with Gasteiger partial charge in [-0.05, 0) is 42.3 Å². The summed E-state index contributed by atoms with van der Waals surface area (Å²) in [6, 6.07) is 13.7. The monoisotopic (exact) mass is 434 g/mol. The number of nitrogens with one attached hydrogen (secondary N) is 1. The molecule has 2 aromatic carbocycles. The van der Waals surface area contributed by atoms with Gasteiger partial charge in [0.25, 0.3) is 0 Å². The summed E-state index contributed by atoms with van der Waals surface area (Å²) >= 11 is 1.51. The molecule has 0 saturated heterocycles. The highest BCUT2D eigenvalue weighted by molar-refractivity contribution is 7.20. The van der Waals surface area contributed by atoms with Gasteiger partial charge in [-0.15, -0.1) is 0 Å². The minimum Gasteiger partial charge on any atom is -0.497 e. The van der Waals surface area contributed by atoms with E-state index in [4.69, 9.17) is 14.5 Å². The lowest BCUT2D eigenvalue weighted by Crippen LogP contribution is -2.24. The van der Waals surface area contributed by atoms with E-state index < -0.39 is 0 Å². The van der Waals surface area contributed by atoms with Crippen LogP contribution in [0.15, 0.2) is 48.7 Å². The normalized spacial score (nSPS) is 15.5. The molecule has 7 nitrogen and oxygen atoms in total. The van der Waals surface area contributed by atoms with E-state index in [0.29, 0.717) is 24.0 Å². The quantitative estimate of drug-likeness (QED) is 0.474. The maximum atomic E-state index is 12.5. The van der Waals surface area contributed by atoms with Gasteiger partial charge in [-0.3, -0.25) is 4.79 Å². The topological polar surface area (TPSA) is 78.3 Å². The van der Waals surface area contributed by atoms with E-state index in [1.165, 1.54) is 11.3 Å². The van der Waals surface area contributed by atoms with Crippen LogP contribution in [0.4, 0.5) is 5.82 Å². The molecule has 0 radical (unpaired) electrons. The van der Waals surface area contributed by atoms with Crippen molar-refractivity contribution in [2.45, 2.75) is 25.7 Å². The second kappa shape index (κ2) is 8.03. The van der Waals surface area contributed by atoms with Crippen LogP contribution < -0.4 is 14.8 Å². The summed E-state index contributed by atoms with van der Waals surface area (Å²) < 4.78 is 13.7. The van der Waals surface area contributed by atoms with Crippen LogP contribution in [-0.2, 0) is 4.79 Å². The van der Waals surface area contributed by atoms with Gasteiger partial charge >= 0.3 is 0 Å². The number of thiazole rings is 1. The summed E-state index contributed by atoms with van der Waals surface area (Å²) in [7, 11) is 1.64. The lowest BCUT2D eigenvalue weighted by atomic mass is 9.87. The molecule has 4 aromatic rings. The fourth-order valence-corrected chi connectivity index (χ4v) is 4.75. The zero-order valence-electron chi connectivity index (χ0n) is 17.3. The Hall–Kier alpha value is -3.39. The Labute approximate surface area is 183 Å².